The molecule has 4 nitrogen and oxygen atoms in total. The number of hydrogen-bond donors (Lipinski definition) is 2. The van der Waals surface area contributed by atoms with Gasteiger partial charge in [0, 0.05) is 19.6 Å². The fourth-order valence-electron chi connectivity index (χ4n) is 2.31. The molecule has 0 spiro atoms. The molecule has 2 rings (SSSR count). The number of halogens is 1. The zero-order chi connectivity index (χ0) is 15.9. The van der Waals surface area contributed by atoms with Crippen molar-refractivity contribution < 1.29 is 14.6 Å². The van der Waals surface area contributed by atoms with Crippen LogP contribution < -0.4 is 0 Å². The van der Waals surface area contributed by atoms with Crippen LogP contribution in [0.15, 0.2) is 42.5 Å². The topological polar surface area (TPSA) is 56.6 Å². The summed E-state index contributed by atoms with van der Waals surface area (Å²) in [7, 11) is 0. The third kappa shape index (κ3) is 4.59. The Labute approximate surface area is 129 Å². The normalized spacial score (nSPS) is 12.6. The van der Waals surface area contributed by atoms with E-state index in [-0.39, 0.29) is 18.1 Å². The highest BCUT2D eigenvalue weighted by Gasteiger charge is 2.16. The molecule has 0 fully saturated rings. The minimum absolute atomic E-state index is 0.00935. The molecule has 2 aromatic rings. The summed E-state index contributed by atoms with van der Waals surface area (Å²) in [5.74, 6) is -0.382. The number of aromatic nitrogens is 1. The first-order valence-electron chi connectivity index (χ1n) is 7.28. The van der Waals surface area contributed by atoms with E-state index in [1.807, 2.05) is 35.2 Å². The Morgan fingerprint density at radius 1 is 1.18 bits per heavy atom. The molecule has 1 aromatic heterocycles. The first-order valence-corrected chi connectivity index (χ1v) is 7.28. The lowest BCUT2D eigenvalue weighted by Crippen LogP contribution is -2.31. The van der Waals surface area contributed by atoms with Gasteiger partial charge in [0.25, 0.3) is 0 Å². The van der Waals surface area contributed by atoms with Crippen molar-refractivity contribution >= 4 is 0 Å². The molecule has 0 saturated carbocycles. The van der Waals surface area contributed by atoms with E-state index in [0.29, 0.717) is 25.3 Å². The van der Waals surface area contributed by atoms with E-state index in [9.17, 15) is 14.6 Å². The first kappa shape index (κ1) is 16.5. The quantitative estimate of drug-likeness (QED) is 0.822. The molecule has 0 saturated heterocycles. The average Bonchev–Trinajstić information content (AvgIpc) is 2.51. The monoisotopic (exact) mass is 304 g/mol. The van der Waals surface area contributed by atoms with E-state index in [4.69, 9.17) is 0 Å². The van der Waals surface area contributed by atoms with Crippen LogP contribution in [-0.2, 0) is 6.54 Å². The first-order chi connectivity index (χ1) is 10.6. The molecule has 118 valence electrons. The smallest absolute Gasteiger partial charge is 0.144 e. The largest absolute Gasteiger partial charge is 0.395 e. The molecule has 1 heterocycles. The van der Waals surface area contributed by atoms with Gasteiger partial charge in [0.1, 0.15) is 11.9 Å². The van der Waals surface area contributed by atoms with E-state index in [2.05, 4.69) is 4.98 Å². The van der Waals surface area contributed by atoms with Crippen molar-refractivity contribution in [1.82, 2.24) is 9.88 Å². The molecule has 0 aliphatic heterocycles. The van der Waals surface area contributed by atoms with Crippen molar-refractivity contribution in [2.45, 2.75) is 19.6 Å². The Morgan fingerprint density at radius 2 is 1.91 bits per heavy atom. The van der Waals surface area contributed by atoms with Crippen LogP contribution in [0.2, 0.25) is 0 Å². The van der Waals surface area contributed by atoms with E-state index in [1.54, 1.807) is 6.92 Å². The Hall–Kier alpha value is -1.82. The molecule has 1 unspecified atom stereocenters. The lowest BCUT2D eigenvalue weighted by Gasteiger charge is -2.24. The summed E-state index contributed by atoms with van der Waals surface area (Å²) in [6, 6.07) is 12.6. The van der Waals surface area contributed by atoms with Gasteiger partial charge in [-0.1, -0.05) is 30.3 Å². The van der Waals surface area contributed by atoms with Gasteiger partial charge in [-0.25, -0.2) is 4.39 Å². The highest BCUT2D eigenvalue weighted by Crippen LogP contribution is 2.15. The zero-order valence-corrected chi connectivity index (χ0v) is 12.6. The number of benzene rings is 1. The predicted octanol–water partition coefficient (Wildman–Crippen LogP) is 2.06. The minimum Gasteiger partial charge on any atom is -0.395 e. The third-order valence-corrected chi connectivity index (χ3v) is 3.48. The maximum absolute atomic E-state index is 13.2. The maximum Gasteiger partial charge on any atom is 0.144 e. The van der Waals surface area contributed by atoms with Crippen LogP contribution in [0.3, 0.4) is 0 Å². The Morgan fingerprint density at radius 3 is 2.55 bits per heavy atom. The van der Waals surface area contributed by atoms with E-state index in [1.165, 1.54) is 12.1 Å². The highest BCUT2D eigenvalue weighted by molar-refractivity contribution is 5.16. The van der Waals surface area contributed by atoms with Gasteiger partial charge in [0.15, 0.2) is 0 Å². The van der Waals surface area contributed by atoms with Crippen LogP contribution in [-0.4, -0.2) is 39.8 Å². The average molecular weight is 304 g/mol. The van der Waals surface area contributed by atoms with Crippen molar-refractivity contribution in [2.75, 3.05) is 19.7 Å². The highest BCUT2D eigenvalue weighted by atomic mass is 19.1. The minimum atomic E-state index is -0.824. The molecule has 1 aromatic carbocycles. The maximum atomic E-state index is 13.2. The molecular formula is C17H21FN2O2. The second-order valence-corrected chi connectivity index (χ2v) is 5.26. The van der Waals surface area contributed by atoms with Crippen LogP contribution in [0.25, 0.3) is 0 Å². The molecule has 5 heteroatoms. The van der Waals surface area contributed by atoms with Crippen molar-refractivity contribution in [3.05, 3.63) is 65.2 Å². The molecule has 0 aliphatic rings. The van der Waals surface area contributed by atoms with Crippen molar-refractivity contribution in [1.29, 1.82) is 0 Å². The van der Waals surface area contributed by atoms with Crippen LogP contribution >= 0.6 is 0 Å². The Bertz CT molecular complexity index is 592. The molecule has 1 atom stereocenters. The molecule has 0 radical (unpaired) electrons. The number of hydrogen-bond acceptors (Lipinski definition) is 4. The molecular weight excluding hydrogens is 283 g/mol. The molecule has 0 amide bonds. The summed E-state index contributed by atoms with van der Waals surface area (Å²) in [5.41, 5.74) is 1.81. The molecule has 2 N–H and O–H groups in total. The van der Waals surface area contributed by atoms with Gasteiger partial charge >= 0.3 is 0 Å². The summed E-state index contributed by atoms with van der Waals surface area (Å²) < 4.78 is 13.2. The molecule has 0 bridgehead atoms. The van der Waals surface area contributed by atoms with Crippen molar-refractivity contribution in [3.63, 3.8) is 0 Å². The number of nitrogens with zero attached hydrogens (tertiary/aromatic N) is 2. The molecule has 22 heavy (non-hydrogen) atoms. The predicted molar refractivity (Wildman–Crippen MR) is 82.7 cm³/mol. The van der Waals surface area contributed by atoms with Gasteiger partial charge in [-0.05, 0) is 24.6 Å². The SMILES string of the molecule is Cc1nc(C(O)CN(CCO)Cc2ccccc2)ccc1F. The number of aliphatic hydroxyl groups is 2. The summed E-state index contributed by atoms with van der Waals surface area (Å²) in [4.78, 5) is 6.02. The third-order valence-electron chi connectivity index (χ3n) is 3.48. The van der Waals surface area contributed by atoms with E-state index in [0.717, 1.165) is 5.56 Å². The van der Waals surface area contributed by atoms with Crippen LogP contribution in [0.4, 0.5) is 4.39 Å². The standard InChI is InChI=1S/C17H21FN2O2/c1-13-15(18)7-8-16(19-13)17(22)12-20(9-10-21)11-14-5-3-2-4-6-14/h2-8,17,21-22H,9-12H2,1H3. The van der Waals surface area contributed by atoms with Gasteiger partial charge in [-0.15, -0.1) is 0 Å². The Balaban J connectivity index is 2.04. The van der Waals surface area contributed by atoms with Gasteiger partial charge in [-0.2, -0.15) is 0 Å². The Kier molecular flexibility index (Phi) is 6.00. The van der Waals surface area contributed by atoms with Crippen molar-refractivity contribution in [2.24, 2.45) is 0 Å². The van der Waals surface area contributed by atoms with Crippen LogP contribution in [0.1, 0.15) is 23.1 Å². The van der Waals surface area contributed by atoms with Gasteiger partial charge in [-0.3, -0.25) is 9.88 Å². The zero-order valence-electron chi connectivity index (χ0n) is 12.6. The van der Waals surface area contributed by atoms with Gasteiger partial charge < -0.3 is 10.2 Å². The van der Waals surface area contributed by atoms with E-state index >= 15 is 0 Å². The van der Waals surface area contributed by atoms with Crippen LogP contribution in [0, 0.1) is 12.7 Å². The number of aliphatic hydroxyl groups excluding tert-OH is 2. The van der Waals surface area contributed by atoms with Crippen molar-refractivity contribution in [3.8, 4) is 0 Å². The molecule has 0 aliphatic carbocycles. The van der Waals surface area contributed by atoms with Gasteiger partial charge in [0.2, 0.25) is 0 Å². The number of rotatable bonds is 7. The fourth-order valence-corrected chi connectivity index (χ4v) is 2.31. The fraction of sp³-hybridized carbons (Fsp3) is 0.353. The van der Waals surface area contributed by atoms with Gasteiger partial charge in [0.05, 0.1) is 18.0 Å². The summed E-state index contributed by atoms with van der Waals surface area (Å²) in [6.07, 6.45) is -0.824. The van der Waals surface area contributed by atoms with E-state index < -0.39 is 6.10 Å². The number of pyridine rings is 1. The summed E-state index contributed by atoms with van der Waals surface area (Å²) in [6.45, 7) is 2.98. The summed E-state index contributed by atoms with van der Waals surface area (Å²) in [5, 5.41) is 19.5. The second kappa shape index (κ2) is 7.98. The van der Waals surface area contributed by atoms with Crippen LogP contribution in [0.5, 0.6) is 0 Å². The lowest BCUT2D eigenvalue weighted by atomic mass is 10.1. The summed E-state index contributed by atoms with van der Waals surface area (Å²) >= 11 is 0. The lowest BCUT2D eigenvalue weighted by molar-refractivity contribution is 0.0928. The second-order valence-electron chi connectivity index (χ2n) is 5.26. The number of aryl methyl sites for hydroxylation is 1.